The van der Waals surface area contributed by atoms with Gasteiger partial charge in [-0.25, -0.2) is 0 Å². The quantitative estimate of drug-likeness (QED) is 0.778. The number of halogens is 3. The second-order valence-electron chi connectivity index (χ2n) is 5.85. The summed E-state index contributed by atoms with van der Waals surface area (Å²) in [5, 5.41) is 6.26. The van der Waals surface area contributed by atoms with Crippen LogP contribution in [0.25, 0.3) is 0 Å². The molecule has 0 bridgehead atoms. The van der Waals surface area contributed by atoms with E-state index in [1.807, 2.05) is 24.3 Å². The zero-order chi connectivity index (χ0) is 18.2. The number of hydrogen-bond donors (Lipinski definition) is 0. The van der Waals surface area contributed by atoms with E-state index in [2.05, 4.69) is 10.2 Å². The van der Waals surface area contributed by atoms with Gasteiger partial charge < -0.3 is 9.47 Å². The van der Waals surface area contributed by atoms with Gasteiger partial charge in [-0.1, -0.05) is 30.0 Å². The predicted octanol–water partition coefficient (Wildman–Crippen LogP) is 3.29. The van der Waals surface area contributed by atoms with Crippen molar-refractivity contribution >= 4 is 23.4 Å². The highest BCUT2D eigenvalue weighted by Gasteiger charge is 2.38. The summed E-state index contributed by atoms with van der Waals surface area (Å²) in [5.74, 6) is -1.22. The molecule has 0 aliphatic carbocycles. The van der Waals surface area contributed by atoms with Crippen molar-refractivity contribution in [3.63, 3.8) is 0 Å². The highest BCUT2D eigenvalue weighted by atomic mass is 32.2. The van der Waals surface area contributed by atoms with Gasteiger partial charge in [-0.3, -0.25) is 4.79 Å². The molecule has 5 nitrogen and oxygen atoms in total. The number of carbonyl (C=O) groups is 1. The number of fused-ring (bicyclic) bond motifs is 1. The second kappa shape index (κ2) is 6.70. The molecule has 1 aliphatic heterocycles. The molecule has 0 fully saturated rings. The van der Waals surface area contributed by atoms with E-state index in [1.54, 1.807) is 11.8 Å². The topological polar surface area (TPSA) is 51.0 Å². The maximum atomic E-state index is 12.8. The van der Waals surface area contributed by atoms with E-state index in [1.165, 1.54) is 7.05 Å². The number of thioether (sulfide) groups is 1. The Kier molecular flexibility index (Phi) is 4.77. The van der Waals surface area contributed by atoms with Crippen molar-refractivity contribution in [2.24, 2.45) is 7.05 Å². The first-order valence-electron chi connectivity index (χ1n) is 7.81. The van der Waals surface area contributed by atoms with Crippen LogP contribution in [-0.2, 0) is 24.4 Å². The van der Waals surface area contributed by atoms with Crippen molar-refractivity contribution in [1.82, 2.24) is 14.8 Å². The maximum Gasteiger partial charge on any atom is 0.451 e. The lowest BCUT2D eigenvalue weighted by Gasteiger charge is -2.31. The molecule has 25 heavy (non-hydrogen) atoms. The van der Waals surface area contributed by atoms with Gasteiger partial charge in [0.15, 0.2) is 5.16 Å². The van der Waals surface area contributed by atoms with Crippen molar-refractivity contribution in [1.29, 1.82) is 0 Å². The Morgan fingerprint density at radius 1 is 1.28 bits per heavy atom. The highest BCUT2D eigenvalue weighted by molar-refractivity contribution is 8.00. The molecule has 134 valence electrons. The molecule has 1 aliphatic rings. The lowest BCUT2D eigenvalue weighted by Crippen LogP contribution is -2.40. The molecule has 1 aromatic carbocycles. The van der Waals surface area contributed by atoms with E-state index in [9.17, 15) is 18.0 Å². The first-order valence-corrected chi connectivity index (χ1v) is 8.69. The van der Waals surface area contributed by atoms with Gasteiger partial charge in [0.05, 0.1) is 5.25 Å². The number of anilines is 1. The zero-order valence-corrected chi connectivity index (χ0v) is 14.6. The van der Waals surface area contributed by atoms with Crippen LogP contribution in [0.15, 0.2) is 29.4 Å². The van der Waals surface area contributed by atoms with Crippen LogP contribution in [0.3, 0.4) is 0 Å². The highest BCUT2D eigenvalue weighted by Crippen LogP contribution is 2.33. The fraction of sp³-hybridized carbons (Fsp3) is 0.438. The summed E-state index contributed by atoms with van der Waals surface area (Å²) in [6.45, 7) is 2.28. The van der Waals surface area contributed by atoms with Gasteiger partial charge in [-0.05, 0) is 31.4 Å². The van der Waals surface area contributed by atoms with Gasteiger partial charge in [-0.2, -0.15) is 13.2 Å². The van der Waals surface area contributed by atoms with E-state index in [4.69, 9.17) is 0 Å². The number of benzene rings is 1. The molecule has 0 radical (unpaired) electrons. The van der Waals surface area contributed by atoms with Crippen LogP contribution in [0, 0.1) is 0 Å². The molecule has 0 spiro atoms. The van der Waals surface area contributed by atoms with Crippen molar-refractivity contribution in [3.8, 4) is 0 Å². The number of carbonyl (C=O) groups excluding carboxylic acids is 1. The molecule has 9 heteroatoms. The van der Waals surface area contributed by atoms with Crippen LogP contribution in [0.1, 0.15) is 24.7 Å². The van der Waals surface area contributed by atoms with Gasteiger partial charge in [0.2, 0.25) is 11.7 Å². The van der Waals surface area contributed by atoms with Crippen LogP contribution in [0.2, 0.25) is 0 Å². The number of aryl methyl sites for hydroxylation is 1. The zero-order valence-electron chi connectivity index (χ0n) is 13.7. The molecule has 2 heterocycles. The van der Waals surface area contributed by atoms with E-state index in [0.29, 0.717) is 6.54 Å². The number of rotatable bonds is 3. The van der Waals surface area contributed by atoms with Crippen molar-refractivity contribution in [2.45, 2.75) is 36.3 Å². The van der Waals surface area contributed by atoms with Gasteiger partial charge >= 0.3 is 6.18 Å². The maximum absolute atomic E-state index is 12.8. The summed E-state index contributed by atoms with van der Waals surface area (Å²) >= 11 is 0.982. The molecule has 0 N–H and O–H groups in total. The Labute approximate surface area is 147 Å². The van der Waals surface area contributed by atoms with Crippen molar-refractivity contribution in [3.05, 3.63) is 35.7 Å². The van der Waals surface area contributed by atoms with Crippen LogP contribution in [0.5, 0.6) is 0 Å². The third kappa shape index (κ3) is 3.51. The standard InChI is InChI=1S/C16H17F3N4OS/c1-10(25-15-21-20-14(22(15)2)16(17,18)19)13(24)23-9-5-7-11-6-3-4-8-12(11)23/h3-4,6,8,10H,5,7,9H2,1-2H3. The van der Waals surface area contributed by atoms with E-state index in [0.717, 1.165) is 40.4 Å². The molecule has 0 saturated carbocycles. The van der Waals surface area contributed by atoms with Crippen molar-refractivity contribution < 1.29 is 18.0 Å². The lowest BCUT2D eigenvalue weighted by molar-refractivity contribution is -0.147. The smallest absolute Gasteiger partial charge is 0.311 e. The van der Waals surface area contributed by atoms with Crippen LogP contribution >= 0.6 is 11.8 Å². The molecule has 1 amide bonds. The summed E-state index contributed by atoms with van der Waals surface area (Å²) in [6.07, 6.45) is -2.79. The van der Waals surface area contributed by atoms with Crippen LogP contribution in [0.4, 0.5) is 18.9 Å². The van der Waals surface area contributed by atoms with Crippen LogP contribution in [-0.4, -0.2) is 32.5 Å². The Bertz CT molecular complexity index is 790. The Balaban J connectivity index is 1.78. The van der Waals surface area contributed by atoms with Gasteiger partial charge in [0, 0.05) is 19.3 Å². The molecule has 3 rings (SSSR count). The third-order valence-electron chi connectivity index (χ3n) is 4.09. The summed E-state index contributed by atoms with van der Waals surface area (Å²) < 4.78 is 39.3. The summed E-state index contributed by atoms with van der Waals surface area (Å²) in [7, 11) is 1.25. The molecule has 1 aromatic heterocycles. The number of aromatic nitrogens is 3. The summed E-state index contributed by atoms with van der Waals surface area (Å²) in [4.78, 5) is 14.5. The van der Waals surface area contributed by atoms with E-state index < -0.39 is 17.3 Å². The molecule has 0 saturated heterocycles. The fourth-order valence-electron chi connectivity index (χ4n) is 2.85. The minimum Gasteiger partial charge on any atom is -0.311 e. The molecule has 1 atom stereocenters. The second-order valence-corrected chi connectivity index (χ2v) is 7.15. The molecule has 2 aromatic rings. The van der Waals surface area contributed by atoms with Crippen LogP contribution < -0.4 is 4.90 Å². The van der Waals surface area contributed by atoms with Gasteiger partial charge in [-0.15, -0.1) is 10.2 Å². The summed E-state index contributed by atoms with van der Waals surface area (Å²) in [5.41, 5.74) is 1.98. The third-order valence-corrected chi connectivity index (χ3v) is 5.22. The monoisotopic (exact) mass is 370 g/mol. The molecular formula is C16H17F3N4OS. The Morgan fingerprint density at radius 3 is 2.68 bits per heavy atom. The van der Waals surface area contributed by atoms with Crippen molar-refractivity contribution in [2.75, 3.05) is 11.4 Å². The average molecular weight is 370 g/mol. The number of para-hydroxylation sites is 1. The first kappa shape index (κ1) is 17.8. The molecular weight excluding hydrogens is 353 g/mol. The van der Waals surface area contributed by atoms with Gasteiger partial charge in [0.25, 0.3) is 0 Å². The van der Waals surface area contributed by atoms with E-state index >= 15 is 0 Å². The fourth-order valence-corrected chi connectivity index (χ4v) is 3.73. The van der Waals surface area contributed by atoms with E-state index in [-0.39, 0.29) is 11.1 Å². The number of alkyl halides is 3. The number of amides is 1. The Hall–Kier alpha value is -2.03. The predicted molar refractivity (Wildman–Crippen MR) is 88.4 cm³/mol. The Morgan fingerprint density at radius 2 is 2.00 bits per heavy atom. The lowest BCUT2D eigenvalue weighted by atomic mass is 10.0. The largest absolute Gasteiger partial charge is 0.451 e. The average Bonchev–Trinajstić information content (AvgIpc) is 2.94. The number of nitrogens with zero attached hydrogens (tertiary/aromatic N) is 4. The summed E-state index contributed by atoms with van der Waals surface area (Å²) in [6, 6.07) is 7.70. The minimum absolute atomic E-state index is 0.0680. The SMILES string of the molecule is CC(Sc1nnc(C(F)(F)F)n1C)C(=O)N1CCCc2ccccc21. The normalized spacial score (nSPS) is 15.8. The minimum atomic E-state index is -4.57. The number of hydrogen-bond acceptors (Lipinski definition) is 4. The molecule has 1 unspecified atom stereocenters. The van der Waals surface area contributed by atoms with Gasteiger partial charge in [0.1, 0.15) is 0 Å². The first-order chi connectivity index (χ1) is 11.8.